The maximum atomic E-state index is 5.81. The van der Waals surface area contributed by atoms with Crippen LogP contribution in [0.5, 0.6) is 0 Å². The van der Waals surface area contributed by atoms with Gasteiger partial charge in [-0.3, -0.25) is 0 Å². The fourth-order valence-corrected chi connectivity index (χ4v) is 2.22. The molecule has 0 saturated heterocycles. The minimum Gasteiger partial charge on any atom is -0.355 e. The molecule has 16 heavy (non-hydrogen) atoms. The van der Waals surface area contributed by atoms with Gasteiger partial charge in [-0.2, -0.15) is 0 Å². The second kappa shape index (κ2) is 3.71. The SMILES string of the molecule is [B]c1ccc2c(c1)CCc1ccccc1N2. The third kappa shape index (κ3) is 1.60. The molecule has 3 rings (SSSR count). The predicted molar refractivity (Wildman–Crippen MR) is 69.0 cm³/mol. The number of aryl methyl sites for hydroxylation is 2. The summed E-state index contributed by atoms with van der Waals surface area (Å²) in [6.45, 7) is 0. The molecule has 0 aliphatic carbocycles. The lowest BCUT2D eigenvalue weighted by Gasteiger charge is -2.09. The van der Waals surface area contributed by atoms with Gasteiger partial charge in [0.05, 0.1) is 0 Å². The number of hydrogen-bond donors (Lipinski definition) is 1. The van der Waals surface area contributed by atoms with Gasteiger partial charge < -0.3 is 5.32 Å². The van der Waals surface area contributed by atoms with Crippen LogP contribution in [0.25, 0.3) is 0 Å². The van der Waals surface area contributed by atoms with E-state index in [1.165, 1.54) is 22.5 Å². The van der Waals surface area contributed by atoms with Crippen LogP contribution in [0.15, 0.2) is 42.5 Å². The van der Waals surface area contributed by atoms with Crippen molar-refractivity contribution in [3.8, 4) is 0 Å². The summed E-state index contributed by atoms with van der Waals surface area (Å²) in [5.41, 5.74) is 5.91. The lowest BCUT2D eigenvalue weighted by atomic mass is 9.92. The van der Waals surface area contributed by atoms with Crippen LogP contribution >= 0.6 is 0 Å². The van der Waals surface area contributed by atoms with Crippen LogP contribution in [0.2, 0.25) is 0 Å². The van der Waals surface area contributed by atoms with Crippen molar-refractivity contribution >= 4 is 24.7 Å². The van der Waals surface area contributed by atoms with E-state index in [2.05, 4.69) is 41.7 Å². The maximum Gasteiger partial charge on any atom is 0.113 e. The topological polar surface area (TPSA) is 12.0 Å². The van der Waals surface area contributed by atoms with E-state index in [1.54, 1.807) is 0 Å². The fraction of sp³-hybridized carbons (Fsp3) is 0.143. The second-order valence-electron chi connectivity index (χ2n) is 4.20. The van der Waals surface area contributed by atoms with Gasteiger partial charge in [-0.1, -0.05) is 35.8 Å². The van der Waals surface area contributed by atoms with Crippen molar-refractivity contribution in [1.82, 2.24) is 0 Å². The first-order chi connectivity index (χ1) is 7.83. The Morgan fingerprint density at radius 2 is 1.62 bits per heavy atom. The predicted octanol–water partition coefficient (Wildman–Crippen LogP) is 2.32. The van der Waals surface area contributed by atoms with Crippen molar-refractivity contribution < 1.29 is 0 Å². The van der Waals surface area contributed by atoms with Gasteiger partial charge in [0.1, 0.15) is 7.85 Å². The molecular weight excluding hydrogens is 193 g/mol. The van der Waals surface area contributed by atoms with Gasteiger partial charge in [0, 0.05) is 11.4 Å². The molecule has 1 aliphatic rings. The standard InChI is InChI=1S/C14H12BN/c15-12-7-8-14-11(9-12)6-5-10-3-1-2-4-13(10)16-14/h1-4,7-9,16H,5-6H2. The monoisotopic (exact) mass is 205 g/mol. The first-order valence-electron chi connectivity index (χ1n) is 5.56. The highest BCUT2D eigenvalue weighted by Gasteiger charge is 2.11. The van der Waals surface area contributed by atoms with Gasteiger partial charge in [0.15, 0.2) is 0 Å². The number of benzene rings is 2. The summed E-state index contributed by atoms with van der Waals surface area (Å²) in [7, 11) is 5.81. The van der Waals surface area contributed by atoms with Crippen LogP contribution < -0.4 is 10.8 Å². The van der Waals surface area contributed by atoms with Crippen molar-refractivity contribution in [2.24, 2.45) is 0 Å². The molecule has 0 amide bonds. The summed E-state index contributed by atoms with van der Waals surface area (Å²) in [6.07, 6.45) is 2.12. The minimum atomic E-state index is 0.839. The zero-order valence-electron chi connectivity index (χ0n) is 9.03. The molecule has 1 heterocycles. The molecule has 0 aromatic heterocycles. The number of nitrogens with one attached hydrogen (secondary N) is 1. The summed E-state index contributed by atoms with van der Waals surface area (Å²) in [5.74, 6) is 0. The zero-order chi connectivity index (χ0) is 11.0. The van der Waals surface area contributed by atoms with E-state index in [0.717, 1.165) is 18.3 Å². The van der Waals surface area contributed by atoms with E-state index in [4.69, 9.17) is 7.85 Å². The van der Waals surface area contributed by atoms with Gasteiger partial charge in [-0.25, -0.2) is 0 Å². The highest BCUT2D eigenvalue weighted by molar-refractivity contribution is 6.32. The maximum absolute atomic E-state index is 5.81. The van der Waals surface area contributed by atoms with Gasteiger partial charge in [-0.05, 0) is 36.1 Å². The normalized spacial score (nSPS) is 13.2. The van der Waals surface area contributed by atoms with Crippen LogP contribution in [0.4, 0.5) is 11.4 Å². The largest absolute Gasteiger partial charge is 0.355 e. The Morgan fingerprint density at radius 1 is 0.875 bits per heavy atom. The molecule has 1 aliphatic heterocycles. The van der Waals surface area contributed by atoms with Gasteiger partial charge in [0.2, 0.25) is 0 Å². The average Bonchev–Trinajstić information content (AvgIpc) is 2.48. The average molecular weight is 205 g/mol. The molecule has 0 spiro atoms. The molecule has 2 aromatic carbocycles. The smallest absolute Gasteiger partial charge is 0.113 e. The van der Waals surface area contributed by atoms with Gasteiger partial charge >= 0.3 is 0 Å². The quantitative estimate of drug-likeness (QED) is 0.650. The lowest BCUT2D eigenvalue weighted by molar-refractivity contribution is 0.979. The molecule has 1 nitrogen and oxygen atoms in total. The number of fused-ring (bicyclic) bond motifs is 2. The molecule has 0 atom stereocenters. The summed E-state index contributed by atoms with van der Waals surface area (Å²) < 4.78 is 0. The molecule has 76 valence electrons. The zero-order valence-corrected chi connectivity index (χ0v) is 9.03. The number of hydrogen-bond acceptors (Lipinski definition) is 1. The van der Waals surface area contributed by atoms with Gasteiger partial charge in [-0.15, -0.1) is 0 Å². The second-order valence-corrected chi connectivity index (χ2v) is 4.20. The van der Waals surface area contributed by atoms with Crippen LogP contribution in [0.1, 0.15) is 11.1 Å². The number of rotatable bonds is 0. The lowest BCUT2D eigenvalue weighted by Crippen LogP contribution is -2.04. The van der Waals surface area contributed by atoms with E-state index in [9.17, 15) is 0 Å². The van der Waals surface area contributed by atoms with Crippen molar-refractivity contribution in [3.05, 3.63) is 53.6 Å². The van der Waals surface area contributed by atoms with Crippen LogP contribution in [0, 0.1) is 0 Å². The minimum absolute atomic E-state index is 0.839. The van der Waals surface area contributed by atoms with E-state index < -0.39 is 0 Å². The van der Waals surface area contributed by atoms with Crippen LogP contribution in [0.3, 0.4) is 0 Å². The highest BCUT2D eigenvalue weighted by Crippen LogP contribution is 2.28. The molecule has 0 fully saturated rings. The molecule has 2 heteroatoms. The van der Waals surface area contributed by atoms with Crippen molar-refractivity contribution in [3.63, 3.8) is 0 Å². The Labute approximate surface area is 96.9 Å². The fourth-order valence-electron chi connectivity index (χ4n) is 2.22. The molecular formula is C14H12BN. The van der Waals surface area contributed by atoms with Crippen LogP contribution in [-0.2, 0) is 12.8 Å². The summed E-state index contributed by atoms with van der Waals surface area (Å²) >= 11 is 0. The highest BCUT2D eigenvalue weighted by atomic mass is 14.9. The molecule has 2 aromatic rings. The third-order valence-electron chi connectivity index (χ3n) is 3.08. The summed E-state index contributed by atoms with van der Waals surface area (Å²) in [6, 6.07) is 14.5. The molecule has 0 saturated carbocycles. The van der Waals surface area contributed by atoms with E-state index in [-0.39, 0.29) is 0 Å². The van der Waals surface area contributed by atoms with E-state index in [0.29, 0.717) is 0 Å². The Hall–Kier alpha value is -1.70. The number of anilines is 2. The molecule has 0 bridgehead atoms. The van der Waals surface area contributed by atoms with Crippen LogP contribution in [-0.4, -0.2) is 7.85 Å². The van der Waals surface area contributed by atoms with Gasteiger partial charge in [0.25, 0.3) is 0 Å². The Kier molecular flexibility index (Phi) is 2.21. The first-order valence-corrected chi connectivity index (χ1v) is 5.56. The summed E-state index contributed by atoms with van der Waals surface area (Å²) in [5, 5.41) is 3.47. The van der Waals surface area contributed by atoms with E-state index in [1.807, 2.05) is 6.07 Å². The third-order valence-corrected chi connectivity index (χ3v) is 3.08. The molecule has 2 radical (unpaired) electrons. The molecule has 1 N–H and O–H groups in total. The van der Waals surface area contributed by atoms with E-state index >= 15 is 0 Å². The Morgan fingerprint density at radius 3 is 2.56 bits per heavy atom. The first kappa shape index (κ1) is 9.53. The summed E-state index contributed by atoms with van der Waals surface area (Å²) in [4.78, 5) is 0. The van der Waals surface area contributed by atoms with Crippen molar-refractivity contribution in [2.45, 2.75) is 12.8 Å². The molecule has 0 unspecified atom stereocenters. The van der Waals surface area contributed by atoms with Crippen molar-refractivity contribution in [2.75, 3.05) is 5.32 Å². The van der Waals surface area contributed by atoms with Crippen molar-refractivity contribution in [1.29, 1.82) is 0 Å². The Balaban J connectivity index is 2.08. The number of para-hydroxylation sites is 1. The Bertz CT molecular complexity index is 534.